The monoisotopic (exact) mass is 489 g/mol. The summed E-state index contributed by atoms with van der Waals surface area (Å²) in [5.41, 5.74) is 0.259. The van der Waals surface area contributed by atoms with Crippen LogP contribution in [0, 0.1) is 0 Å². The number of carbonyl (C=O) groups is 1. The van der Waals surface area contributed by atoms with Gasteiger partial charge in [0.15, 0.2) is 0 Å². The standard InChI is InChI=1S/C24H35N5O4S/c1-27-13-15-28(16-14-27)10-6-9-25-24(31)21-18-23(30)26-22-8-7-19(17-20(21)22)34(32,33)29-11-4-2-3-5-12-29/h7-8,17-18H,2-6,9-16H2,1H3,(H,25,31)(H,26,30). The molecule has 34 heavy (non-hydrogen) atoms. The molecule has 186 valence electrons. The van der Waals surface area contributed by atoms with Crippen LogP contribution in [-0.2, 0) is 10.0 Å². The number of nitrogens with one attached hydrogen (secondary N) is 2. The van der Waals surface area contributed by atoms with Gasteiger partial charge < -0.3 is 20.1 Å². The highest BCUT2D eigenvalue weighted by Gasteiger charge is 2.26. The molecule has 10 heteroatoms. The Morgan fingerprint density at radius 3 is 2.41 bits per heavy atom. The summed E-state index contributed by atoms with van der Waals surface area (Å²) in [5.74, 6) is -0.362. The van der Waals surface area contributed by atoms with E-state index in [4.69, 9.17) is 0 Å². The van der Waals surface area contributed by atoms with Crippen LogP contribution in [-0.4, -0.2) is 92.8 Å². The summed E-state index contributed by atoms with van der Waals surface area (Å²) in [4.78, 5) is 32.7. The normalized spacial score (nSPS) is 19.2. The number of hydrogen-bond acceptors (Lipinski definition) is 6. The first kappa shape index (κ1) is 24.8. The molecule has 1 amide bonds. The lowest BCUT2D eigenvalue weighted by atomic mass is 10.1. The smallest absolute Gasteiger partial charge is 0.252 e. The Labute approximate surface area is 201 Å². The van der Waals surface area contributed by atoms with Crippen molar-refractivity contribution in [3.63, 3.8) is 0 Å². The van der Waals surface area contributed by atoms with Crippen molar-refractivity contribution in [2.75, 3.05) is 59.4 Å². The number of amides is 1. The first-order valence-electron chi connectivity index (χ1n) is 12.2. The second-order valence-corrected chi connectivity index (χ2v) is 11.3. The molecule has 4 rings (SSSR count). The molecule has 0 atom stereocenters. The number of carbonyl (C=O) groups excluding carboxylic acids is 1. The van der Waals surface area contributed by atoms with Gasteiger partial charge in [-0.3, -0.25) is 9.59 Å². The minimum absolute atomic E-state index is 0.151. The molecule has 0 unspecified atom stereocenters. The Morgan fingerprint density at radius 1 is 1.00 bits per heavy atom. The lowest BCUT2D eigenvalue weighted by Gasteiger charge is -2.32. The van der Waals surface area contributed by atoms with Gasteiger partial charge in [-0.1, -0.05) is 12.8 Å². The first-order chi connectivity index (χ1) is 16.3. The molecular weight excluding hydrogens is 454 g/mol. The fourth-order valence-corrected chi connectivity index (χ4v) is 6.23. The van der Waals surface area contributed by atoms with E-state index in [1.165, 1.54) is 22.5 Å². The van der Waals surface area contributed by atoms with E-state index < -0.39 is 15.6 Å². The van der Waals surface area contributed by atoms with Gasteiger partial charge in [0.05, 0.1) is 10.5 Å². The fraction of sp³-hybridized carbons (Fsp3) is 0.583. The van der Waals surface area contributed by atoms with E-state index in [0.29, 0.717) is 30.5 Å². The maximum absolute atomic E-state index is 13.3. The summed E-state index contributed by atoms with van der Waals surface area (Å²) in [6, 6.07) is 5.85. The number of aromatic amines is 1. The lowest BCUT2D eigenvalue weighted by Crippen LogP contribution is -2.45. The van der Waals surface area contributed by atoms with E-state index in [-0.39, 0.29) is 16.4 Å². The highest BCUT2D eigenvalue weighted by Crippen LogP contribution is 2.24. The van der Waals surface area contributed by atoms with Crippen LogP contribution in [0.3, 0.4) is 0 Å². The van der Waals surface area contributed by atoms with Crippen LogP contribution >= 0.6 is 0 Å². The largest absolute Gasteiger partial charge is 0.352 e. The van der Waals surface area contributed by atoms with Crippen molar-refractivity contribution in [2.24, 2.45) is 0 Å². The van der Waals surface area contributed by atoms with Crippen molar-refractivity contribution >= 4 is 26.8 Å². The van der Waals surface area contributed by atoms with Crippen molar-refractivity contribution in [1.29, 1.82) is 0 Å². The molecule has 2 saturated heterocycles. The Hall–Kier alpha value is -2.27. The maximum atomic E-state index is 13.3. The number of rotatable bonds is 7. The van der Waals surface area contributed by atoms with Crippen molar-refractivity contribution < 1.29 is 13.2 Å². The first-order valence-corrected chi connectivity index (χ1v) is 13.6. The van der Waals surface area contributed by atoms with Gasteiger partial charge in [0.1, 0.15) is 0 Å². The molecule has 2 fully saturated rings. The maximum Gasteiger partial charge on any atom is 0.252 e. The second kappa shape index (κ2) is 11.0. The van der Waals surface area contributed by atoms with Crippen LogP contribution < -0.4 is 10.9 Å². The molecule has 2 aromatic rings. The highest BCUT2D eigenvalue weighted by atomic mass is 32.2. The van der Waals surface area contributed by atoms with E-state index >= 15 is 0 Å². The summed E-state index contributed by atoms with van der Waals surface area (Å²) in [6.07, 6.45) is 4.57. The number of likely N-dealkylation sites (N-methyl/N-ethyl adjacent to an activating group) is 1. The molecule has 0 spiro atoms. The van der Waals surface area contributed by atoms with Crippen molar-refractivity contribution in [2.45, 2.75) is 37.0 Å². The van der Waals surface area contributed by atoms with E-state index in [2.05, 4.69) is 27.1 Å². The van der Waals surface area contributed by atoms with Crippen LogP contribution in [0.15, 0.2) is 34.0 Å². The zero-order valence-corrected chi connectivity index (χ0v) is 20.7. The number of aromatic nitrogens is 1. The third-order valence-corrected chi connectivity index (χ3v) is 8.69. The third kappa shape index (κ3) is 5.86. The van der Waals surface area contributed by atoms with E-state index in [1.54, 1.807) is 6.07 Å². The lowest BCUT2D eigenvalue weighted by molar-refractivity contribution is 0.0951. The molecule has 3 heterocycles. The van der Waals surface area contributed by atoms with Gasteiger partial charge in [0.25, 0.3) is 5.91 Å². The molecule has 0 aliphatic carbocycles. The van der Waals surface area contributed by atoms with Crippen LogP contribution in [0.5, 0.6) is 0 Å². The summed E-state index contributed by atoms with van der Waals surface area (Å²) in [6.45, 7) is 6.56. The summed E-state index contributed by atoms with van der Waals surface area (Å²) < 4.78 is 28.1. The molecule has 1 aromatic carbocycles. The minimum atomic E-state index is -3.67. The predicted molar refractivity (Wildman–Crippen MR) is 133 cm³/mol. The number of H-pyrrole nitrogens is 1. The van der Waals surface area contributed by atoms with E-state index in [1.807, 2.05) is 0 Å². The Bertz CT molecular complexity index is 1160. The molecule has 2 aliphatic heterocycles. The van der Waals surface area contributed by atoms with Gasteiger partial charge in [-0.05, 0) is 51.1 Å². The Kier molecular flexibility index (Phi) is 8.02. The molecule has 1 aromatic heterocycles. The molecule has 0 saturated carbocycles. The molecule has 2 N–H and O–H groups in total. The Morgan fingerprint density at radius 2 is 1.71 bits per heavy atom. The number of fused-ring (bicyclic) bond motifs is 1. The average molecular weight is 490 g/mol. The van der Waals surface area contributed by atoms with Gasteiger partial charge in [-0.15, -0.1) is 0 Å². The SMILES string of the molecule is CN1CCN(CCCNC(=O)c2cc(=O)[nH]c3ccc(S(=O)(=O)N4CCCCCC4)cc23)CC1. The predicted octanol–water partition coefficient (Wildman–Crippen LogP) is 1.46. The van der Waals surface area contributed by atoms with Crippen LogP contribution in [0.25, 0.3) is 10.9 Å². The average Bonchev–Trinajstić information content (AvgIpc) is 3.12. The van der Waals surface area contributed by atoms with Gasteiger partial charge in [-0.25, -0.2) is 8.42 Å². The highest BCUT2D eigenvalue weighted by molar-refractivity contribution is 7.89. The fourth-order valence-electron chi connectivity index (χ4n) is 4.68. The molecule has 2 aliphatic rings. The van der Waals surface area contributed by atoms with Gasteiger partial charge >= 0.3 is 0 Å². The number of sulfonamides is 1. The summed E-state index contributed by atoms with van der Waals surface area (Å²) >= 11 is 0. The van der Waals surface area contributed by atoms with Gasteiger partial charge in [-0.2, -0.15) is 4.31 Å². The number of pyridine rings is 1. The zero-order valence-electron chi connectivity index (χ0n) is 19.9. The molecular formula is C24H35N5O4S. The van der Waals surface area contributed by atoms with Gasteiger partial charge in [0.2, 0.25) is 15.6 Å². The number of benzene rings is 1. The van der Waals surface area contributed by atoms with Crippen molar-refractivity contribution in [3.05, 3.63) is 40.2 Å². The topological polar surface area (TPSA) is 106 Å². The van der Waals surface area contributed by atoms with Crippen LogP contribution in [0.4, 0.5) is 0 Å². The minimum Gasteiger partial charge on any atom is -0.352 e. The number of hydrogen-bond donors (Lipinski definition) is 2. The molecule has 0 radical (unpaired) electrons. The summed E-state index contributed by atoms with van der Waals surface area (Å²) in [7, 11) is -1.55. The quantitative estimate of drug-likeness (QED) is 0.571. The van der Waals surface area contributed by atoms with Crippen molar-refractivity contribution in [3.8, 4) is 0 Å². The second-order valence-electron chi connectivity index (χ2n) is 9.33. The van der Waals surface area contributed by atoms with E-state index in [0.717, 1.165) is 64.8 Å². The number of piperazine rings is 1. The van der Waals surface area contributed by atoms with Crippen molar-refractivity contribution in [1.82, 2.24) is 24.4 Å². The van der Waals surface area contributed by atoms with Gasteiger partial charge in [0, 0.05) is 62.8 Å². The summed E-state index contributed by atoms with van der Waals surface area (Å²) in [5, 5.41) is 3.34. The van der Waals surface area contributed by atoms with Crippen LogP contribution in [0.2, 0.25) is 0 Å². The third-order valence-electron chi connectivity index (χ3n) is 6.79. The number of nitrogens with zero attached hydrogens (tertiary/aromatic N) is 3. The van der Waals surface area contributed by atoms with E-state index in [9.17, 15) is 18.0 Å². The molecule has 9 nitrogen and oxygen atoms in total. The zero-order chi connectivity index (χ0) is 24.1. The molecule has 0 bridgehead atoms. The van der Waals surface area contributed by atoms with Crippen LogP contribution in [0.1, 0.15) is 42.5 Å². The Balaban J connectivity index is 1.49.